The van der Waals surface area contributed by atoms with Crippen LogP contribution in [0.2, 0.25) is 0 Å². The largest absolute Gasteiger partial charge is 0.472 e. The molecule has 0 aromatic carbocycles. The topological polar surface area (TPSA) is 131 Å². The second-order valence-corrected chi connectivity index (χ2v) is 15.2. The van der Waals surface area contributed by atoms with Crippen molar-refractivity contribution in [2.24, 2.45) is 28.1 Å². The van der Waals surface area contributed by atoms with Crippen molar-refractivity contribution in [2.45, 2.75) is 124 Å². The number of rotatable bonds is 6. The Hall–Kier alpha value is -3.21. The molecule has 2 unspecified atom stereocenters. The molecule has 1 N–H and O–H groups in total. The van der Waals surface area contributed by atoms with Gasteiger partial charge in [-0.15, -0.1) is 0 Å². The molecule has 0 amide bonds. The average molecular weight is 667 g/mol. The monoisotopic (exact) mass is 666 g/mol. The predicted molar refractivity (Wildman–Crippen MR) is 174 cm³/mol. The summed E-state index contributed by atoms with van der Waals surface area (Å²) in [6.45, 7) is 17.0. The second kappa shape index (κ2) is 12.3. The number of aliphatic hydroxyl groups is 1. The van der Waals surface area contributed by atoms with Crippen LogP contribution in [0.25, 0.3) is 0 Å². The van der Waals surface area contributed by atoms with E-state index in [1.54, 1.807) is 52.4 Å². The number of fused-ring (bicyclic) bond motifs is 4. The molecule has 0 radical (unpaired) electrons. The van der Waals surface area contributed by atoms with Gasteiger partial charge in [0.1, 0.15) is 18.3 Å². The van der Waals surface area contributed by atoms with E-state index in [4.69, 9.17) is 28.1 Å². The van der Waals surface area contributed by atoms with E-state index in [2.05, 4.69) is 27.7 Å². The summed E-state index contributed by atoms with van der Waals surface area (Å²) in [6, 6.07) is 1.95. The van der Waals surface area contributed by atoms with Gasteiger partial charge in [0.15, 0.2) is 6.29 Å². The Morgan fingerprint density at radius 3 is 2.21 bits per heavy atom. The summed E-state index contributed by atoms with van der Waals surface area (Å²) in [7, 11) is 0. The van der Waals surface area contributed by atoms with Crippen LogP contribution in [0.3, 0.4) is 0 Å². The van der Waals surface area contributed by atoms with Gasteiger partial charge in [0, 0.05) is 59.0 Å². The number of carbonyl (C=O) groups excluding carboxylic acids is 3. The van der Waals surface area contributed by atoms with Gasteiger partial charge in [0.2, 0.25) is 0 Å². The normalized spacial score (nSPS) is 42.3. The van der Waals surface area contributed by atoms with Crippen LogP contribution < -0.4 is 0 Å². The number of aliphatic hydroxyl groups excluding tert-OH is 1. The first-order valence-electron chi connectivity index (χ1n) is 17.2. The molecule has 5 aliphatic rings. The molecule has 6 rings (SSSR count). The molecule has 2 aliphatic heterocycles. The van der Waals surface area contributed by atoms with Crippen LogP contribution in [0.4, 0.5) is 0 Å². The Kier molecular flexibility index (Phi) is 8.87. The minimum Gasteiger partial charge on any atom is -0.472 e. The van der Waals surface area contributed by atoms with E-state index in [0.717, 1.165) is 16.7 Å². The van der Waals surface area contributed by atoms with Crippen molar-refractivity contribution >= 4 is 17.9 Å². The van der Waals surface area contributed by atoms with Gasteiger partial charge < -0.3 is 33.2 Å². The zero-order valence-corrected chi connectivity index (χ0v) is 29.5. The number of carbonyl (C=O) groups is 3. The standard InChI is InChI=1S/C38H50O10/c1-10-19(3)34(41)47-28-16-27(45-22(6)39)36(7)18-44-31-32(36)37(28,8)26-15-29(40)46-25-14-24(23-12-13-43-17-23)21(5)30(25)38(26,9)33(31)48-35(42)20(4)11-2/h10-13,17,24-29,31-33,40H,14-16,18H2,1-9H3/b19-10+,20-11-/t24-,25?,26?,27-,28+,29+,31-,32+,33-,36-,37+,38-/m1/s1. The highest BCUT2D eigenvalue weighted by Crippen LogP contribution is 2.72. The van der Waals surface area contributed by atoms with Gasteiger partial charge in [-0.3, -0.25) is 4.79 Å². The molecule has 1 aromatic rings. The summed E-state index contributed by atoms with van der Waals surface area (Å²) in [4.78, 5) is 39.8. The molecule has 4 fully saturated rings. The molecule has 0 bridgehead atoms. The molecule has 10 heteroatoms. The van der Waals surface area contributed by atoms with Crippen molar-refractivity contribution in [3.8, 4) is 0 Å². The zero-order chi connectivity index (χ0) is 34.9. The second-order valence-electron chi connectivity index (χ2n) is 15.2. The van der Waals surface area contributed by atoms with Crippen molar-refractivity contribution < 1.29 is 47.6 Å². The minimum absolute atomic E-state index is 0.0360. The Labute approximate surface area is 282 Å². The van der Waals surface area contributed by atoms with Crippen LogP contribution in [0.1, 0.15) is 93.1 Å². The molecule has 1 aromatic heterocycles. The fourth-order valence-electron chi connectivity index (χ4n) is 10.4. The highest BCUT2D eigenvalue weighted by Gasteiger charge is 2.77. The third kappa shape index (κ3) is 5.04. The van der Waals surface area contributed by atoms with Gasteiger partial charge in [0.25, 0.3) is 0 Å². The lowest BCUT2D eigenvalue weighted by atomic mass is 9.39. The molecule has 10 nitrogen and oxygen atoms in total. The number of ether oxygens (including phenoxy) is 5. The van der Waals surface area contributed by atoms with Gasteiger partial charge in [0.05, 0.1) is 31.3 Å². The molecule has 12 atom stereocenters. The fraction of sp³-hybridized carbons (Fsp3) is 0.658. The summed E-state index contributed by atoms with van der Waals surface area (Å²) >= 11 is 0. The van der Waals surface area contributed by atoms with E-state index in [1.807, 2.05) is 6.07 Å². The minimum atomic E-state index is -1.14. The average Bonchev–Trinajstić information content (AvgIpc) is 3.75. The molecule has 2 saturated carbocycles. The zero-order valence-electron chi connectivity index (χ0n) is 29.5. The number of allylic oxidation sites excluding steroid dienone is 3. The molecule has 2 saturated heterocycles. The van der Waals surface area contributed by atoms with Crippen LogP contribution in [0, 0.1) is 28.1 Å². The van der Waals surface area contributed by atoms with Crippen molar-refractivity contribution in [2.75, 3.05) is 6.61 Å². The number of hydrogen-bond donors (Lipinski definition) is 1. The van der Waals surface area contributed by atoms with Gasteiger partial charge >= 0.3 is 17.9 Å². The Bertz CT molecular complexity index is 1550. The van der Waals surface area contributed by atoms with Crippen molar-refractivity contribution in [1.82, 2.24) is 0 Å². The summed E-state index contributed by atoms with van der Waals surface area (Å²) in [6.07, 6.45) is 3.50. The van der Waals surface area contributed by atoms with Crippen LogP contribution in [0.5, 0.6) is 0 Å². The first-order chi connectivity index (χ1) is 22.6. The quantitative estimate of drug-likeness (QED) is 0.168. The summed E-state index contributed by atoms with van der Waals surface area (Å²) in [5.74, 6) is -2.18. The lowest BCUT2D eigenvalue weighted by Gasteiger charge is -2.66. The molecule has 262 valence electrons. The molecular weight excluding hydrogens is 616 g/mol. The lowest BCUT2D eigenvalue weighted by molar-refractivity contribution is -0.261. The predicted octanol–water partition coefficient (Wildman–Crippen LogP) is 5.95. The van der Waals surface area contributed by atoms with E-state index in [0.29, 0.717) is 17.6 Å². The summed E-state index contributed by atoms with van der Waals surface area (Å²) in [5.41, 5.74) is 1.53. The number of hydrogen-bond acceptors (Lipinski definition) is 10. The van der Waals surface area contributed by atoms with E-state index in [9.17, 15) is 19.5 Å². The maximum Gasteiger partial charge on any atom is 0.333 e. The molecule has 48 heavy (non-hydrogen) atoms. The van der Waals surface area contributed by atoms with E-state index in [1.165, 1.54) is 6.92 Å². The van der Waals surface area contributed by atoms with E-state index in [-0.39, 0.29) is 31.3 Å². The van der Waals surface area contributed by atoms with Crippen molar-refractivity contribution in [3.05, 3.63) is 58.6 Å². The third-order valence-electron chi connectivity index (χ3n) is 12.8. The maximum absolute atomic E-state index is 13.8. The maximum atomic E-state index is 13.8. The van der Waals surface area contributed by atoms with E-state index < -0.39 is 76.9 Å². The van der Waals surface area contributed by atoms with Gasteiger partial charge in [-0.2, -0.15) is 0 Å². The Morgan fingerprint density at radius 1 is 0.938 bits per heavy atom. The van der Waals surface area contributed by atoms with Crippen LogP contribution in [-0.2, 0) is 38.1 Å². The highest BCUT2D eigenvalue weighted by molar-refractivity contribution is 5.88. The Balaban J connectivity index is 1.61. The number of furan rings is 1. The van der Waals surface area contributed by atoms with Crippen LogP contribution >= 0.6 is 0 Å². The molecule has 0 spiro atoms. The summed E-state index contributed by atoms with van der Waals surface area (Å²) in [5, 5.41) is 11.7. The molecule has 3 heterocycles. The molecule has 3 aliphatic carbocycles. The number of esters is 3. The molecular formula is C38H50O10. The summed E-state index contributed by atoms with van der Waals surface area (Å²) < 4.78 is 37.8. The van der Waals surface area contributed by atoms with Crippen LogP contribution in [0.15, 0.2) is 57.5 Å². The van der Waals surface area contributed by atoms with Crippen molar-refractivity contribution in [3.63, 3.8) is 0 Å². The lowest BCUT2D eigenvalue weighted by Crippen LogP contribution is -2.72. The highest BCUT2D eigenvalue weighted by atomic mass is 16.6. The van der Waals surface area contributed by atoms with Crippen LogP contribution in [-0.4, -0.2) is 66.4 Å². The van der Waals surface area contributed by atoms with Crippen molar-refractivity contribution in [1.29, 1.82) is 0 Å². The van der Waals surface area contributed by atoms with Gasteiger partial charge in [-0.05, 0) is 64.2 Å². The first kappa shape index (κ1) is 34.6. The smallest absolute Gasteiger partial charge is 0.333 e. The fourth-order valence-corrected chi connectivity index (χ4v) is 10.4. The first-order valence-corrected chi connectivity index (χ1v) is 17.2. The van der Waals surface area contributed by atoms with E-state index >= 15 is 0 Å². The SMILES string of the molecule is C/C=C(/C)C(=O)O[C@@H]1[C@@H]2OC[C@]3(C)[C@H](OC(C)=O)C[C@H](OC(=O)/C(C)=C/C)[C@](C)(C4C[C@@H](O)OC5C[C@@H](c6ccoc6)C(C)=C5[C@@]41C)[C@@H]23. The Morgan fingerprint density at radius 2 is 1.60 bits per heavy atom. The third-order valence-corrected chi connectivity index (χ3v) is 12.8. The van der Waals surface area contributed by atoms with Gasteiger partial charge in [-0.25, -0.2) is 9.59 Å². The van der Waals surface area contributed by atoms with Gasteiger partial charge in [-0.1, -0.05) is 38.5 Å².